The molecule has 1 aliphatic rings. The van der Waals surface area contributed by atoms with Crippen LogP contribution < -0.4 is 14.8 Å². The Bertz CT molecular complexity index is 1230. The van der Waals surface area contributed by atoms with E-state index < -0.39 is 0 Å². The Hall–Kier alpha value is -3.87. The van der Waals surface area contributed by atoms with Crippen LogP contribution in [0.25, 0.3) is 11.0 Å². The molecule has 2 N–H and O–H groups in total. The van der Waals surface area contributed by atoms with Gasteiger partial charge in [0.15, 0.2) is 0 Å². The molecule has 7 nitrogen and oxygen atoms in total. The summed E-state index contributed by atoms with van der Waals surface area (Å²) in [7, 11) is 1.81. The second-order valence-corrected chi connectivity index (χ2v) is 7.81. The van der Waals surface area contributed by atoms with Gasteiger partial charge in [-0.25, -0.2) is 9.97 Å². The van der Waals surface area contributed by atoms with E-state index in [-0.39, 0.29) is 5.92 Å². The number of aldehydes is 1. The number of para-hydroxylation sites is 2. The van der Waals surface area contributed by atoms with Crippen LogP contribution in [0.4, 0.5) is 5.82 Å². The molecule has 0 saturated heterocycles. The number of rotatable bonds is 7. The average Bonchev–Trinajstić information content (AvgIpc) is 3.27. The second-order valence-electron chi connectivity index (χ2n) is 7.81. The van der Waals surface area contributed by atoms with E-state index in [4.69, 9.17) is 14.5 Å². The summed E-state index contributed by atoms with van der Waals surface area (Å²) in [5.41, 5.74) is 3.96. The first kappa shape index (κ1) is 20.1. The van der Waals surface area contributed by atoms with Crippen molar-refractivity contribution in [3.05, 3.63) is 71.7 Å². The Labute approximate surface area is 185 Å². The van der Waals surface area contributed by atoms with Gasteiger partial charge in [0, 0.05) is 25.2 Å². The minimum atomic E-state index is 0.144. The molecule has 7 heteroatoms. The molecule has 1 aliphatic heterocycles. The second kappa shape index (κ2) is 8.70. The number of aromatic amines is 1. The Morgan fingerprint density at radius 3 is 3.00 bits per heavy atom. The number of benzene rings is 2. The van der Waals surface area contributed by atoms with Crippen LogP contribution >= 0.6 is 0 Å². The number of hydrogen-bond acceptors (Lipinski definition) is 6. The predicted octanol–water partition coefficient (Wildman–Crippen LogP) is 4.64. The molecule has 0 fully saturated rings. The fraction of sp³-hybridized carbons (Fsp3) is 0.240. The van der Waals surface area contributed by atoms with Crippen molar-refractivity contribution in [1.82, 2.24) is 15.0 Å². The zero-order chi connectivity index (χ0) is 21.9. The molecule has 4 aromatic rings. The molecular weight excluding hydrogens is 404 g/mol. The topological polar surface area (TPSA) is 89.1 Å². The molecule has 0 radical (unpaired) electrons. The van der Waals surface area contributed by atoms with Crippen LogP contribution in [0, 0.1) is 0 Å². The Morgan fingerprint density at radius 2 is 2.16 bits per heavy atom. The predicted molar refractivity (Wildman–Crippen MR) is 123 cm³/mol. The smallest absolute Gasteiger partial charge is 0.135 e. The number of hydrogen-bond donors (Lipinski definition) is 2. The highest BCUT2D eigenvalue weighted by Crippen LogP contribution is 2.37. The highest BCUT2D eigenvalue weighted by molar-refractivity contribution is 5.74. The number of imidazole rings is 1. The number of fused-ring (bicyclic) bond motifs is 2. The summed E-state index contributed by atoms with van der Waals surface area (Å²) in [4.78, 5) is 23.4. The number of aromatic nitrogens is 3. The summed E-state index contributed by atoms with van der Waals surface area (Å²) in [5.74, 6) is 4.08. The number of anilines is 1. The zero-order valence-electron chi connectivity index (χ0n) is 17.8. The van der Waals surface area contributed by atoms with Gasteiger partial charge in [0.05, 0.1) is 23.6 Å². The van der Waals surface area contributed by atoms with Crippen molar-refractivity contribution in [2.75, 3.05) is 19.0 Å². The molecule has 0 saturated carbocycles. The van der Waals surface area contributed by atoms with Crippen LogP contribution in [0.1, 0.15) is 29.3 Å². The van der Waals surface area contributed by atoms with Gasteiger partial charge >= 0.3 is 0 Å². The van der Waals surface area contributed by atoms with Gasteiger partial charge in [-0.3, -0.25) is 0 Å². The number of ether oxygens (including phenoxy) is 2. The number of H-pyrrole nitrogens is 1. The van der Waals surface area contributed by atoms with E-state index >= 15 is 0 Å². The van der Waals surface area contributed by atoms with E-state index in [1.54, 1.807) is 6.20 Å². The number of pyridine rings is 1. The van der Waals surface area contributed by atoms with Gasteiger partial charge in [0.25, 0.3) is 0 Å². The van der Waals surface area contributed by atoms with Gasteiger partial charge < -0.3 is 24.6 Å². The lowest BCUT2D eigenvalue weighted by atomic mass is 9.96. The molecule has 1 unspecified atom stereocenters. The fourth-order valence-corrected chi connectivity index (χ4v) is 4.13. The largest absolute Gasteiger partial charge is 0.493 e. The highest BCUT2D eigenvalue weighted by Gasteiger charge is 2.25. The minimum absolute atomic E-state index is 0.144. The summed E-state index contributed by atoms with van der Waals surface area (Å²) in [6.45, 7) is 0.582. The maximum atomic E-state index is 10.9. The van der Waals surface area contributed by atoms with Crippen molar-refractivity contribution in [3.8, 4) is 17.2 Å². The number of nitrogens with one attached hydrogen (secondary N) is 2. The number of carbonyl (C=O) groups excluding carboxylic acids is 1. The van der Waals surface area contributed by atoms with Crippen LogP contribution in [0.3, 0.4) is 0 Å². The van der Waals surface area contributed by atoms with Crippen molar-refractivity contribution >= 4 is 23.1 Å². The highest BCUT2D eigenvalue weighted by atomic mass is 16.5. The quantitative estimate of drug-likeness (QED) is 0.417. The summed E-state index contributed by atoms with van der Waals surface area (Å²) < 4.78 is 12.3. The zero-order valence-corrected chi connectivity index (χ0v) is 17.8. The van der Waals surface area contributed by atoms with E-state index in [9.17, 15) is 4.79 Å². The molecule has 5 rings (SSSR count). The monoisotopic (exact) mass is 428 g/mol. The van der Waals surface area contributed by atoms with Gasteiger partial charge in [0.2, 0.25) is 0 Å². The first-order valence-corrected chi connectivity index (χ1v) is 10.7. The molecule has 0 spiro atoms. The molecule has 1 atom stereocenters. The summed E-state index contributed by atoms with van der Waals surface area (Å²) in [6.07, 6.45) is 4.39. The molecule has 162 valence electrons. The van der Waals surface area contributed by atoms with Crippen molar-refractivity contribution in [2.24, 2.45) is 0 Å². The normalized spacial score (nSPS) is 15.1. The molecule has 2 aromatic heterocycles. The van der Waals surface area contributed by atoms with Gasteiger partial charge in [-0.15, -0.1) is 0 Å². The van der Waals surface area contributed by atoms with E-state index in [2.05, 4.69) is 15.3 Å². The van der Waals surface area contributed by atoms with Gasteiger partial charge in [0.1, 0.15) is 35.2 Å². The van der Waals surface area contributed by atoms with E-state index in [1.165, 1.54) is 0 Å². The Balaban J connectivity index is 1.40. The summed E-state index contributed by atoms with van der Waals surface area (Å²) in [6, 6.07) is 15.7. The summed E-state index contributed by atoms with van der Waals surface area (Å²) >= 11 is 0. The lowest BCUT2D eigenvalue weighted by Gasteiger charge is -2.24. The minimum Gasteiger partial charge on any atom is -0.493 e. The molecule has 0 aliphatic carbocycles. The van der Waals surface area contributed by atoms with Crippen molar-refractivity contribution in [3.63, 3.8) is 0 Å². The van der Waals surface area contributed by atoms with Crippen LogP contribution in [0.2, 0.25) is 0 Å². The van der Waals surface area contributed by atoms with Crippen LogP contribution in [-0.4, -0.2) is 34.9 Å². The van der Waals surface area contributed by atoms with Crippen LogP contribution in [0.15, 0.2) is 54.7 Å². The maximum absolute atomic E-state index is 10.9. The first-order chi connectivity index (χ1) is 15.7. The molecule has 3 heterocycles. The Morgan fingerprint density at radius 1 is 1.25 bits per heavy atom. The number of carbonyl (C=O) groups is 1. The van der Waals surface area contributed by atoms with Crippen LogP contribution in [-0.2, 0) is 17.6 Å². The SMILES string of the molecule is CNc1nccc(Oc2ccc3c(c2)CC(c2nc4ccccc4[nH]2)CO3)c1CCC=O. The van der Waals surface area contributed by atoms with Crippen LogP contribution in [0.5, 0.6) is 17.2 Å². The lowest BCUT2D eigenvalue weighted by Crippen LogP contribution is -2.20. The lowest BCUT2D eigenvalue weighted by molar-refractivity contribution is -0.107. The van der Waals surface area contributed by atoms with Crippen molar-refractivity contribution in [2.45, 2.75) is 25.2 Å². The molecule has 32 heavy (non-hydrogen) atoms. The van der Waals surface area contributed by atoms with Gasteiger partial charge in [-0.05, 0) is 54.8 Å². The van der Waals surface area contributed by atoms with Crippen molar-refractivity contribution < 1.29 is 14.3 Å². The molecule has 0 bridgehead atoms. The molecule has 0 amide bonds. The summed E-state index contributed by atoms with van der Waals surface area (Å²) in [5, 5.41) is 3.08. The molecule has 2 aromatic carbocycles. The third-order valence-corrected chi connectivity index (χ3v) is 5.72. The standard InChI is InChI=1S/C25H24N4O3/c1-26-25-19(5-4-12-30)23(10-11-27-25)32-18-8-9-22-16(14-18)13-17(15-31-22)24-28-20-6-2-3-7-21(20)29-24/h2-3,6-12,14,17H,4-5,13,15H2,1H3,(H,26,27)(H,28,29). The van der Waals surface area contributed by atoms with E-state index in [1.807, 2.05) is 55.6 Å². The van der Waals surface area contributed by atoms with E-state index in [0.717, 1.165) is 58.0 Å². The Kier molecular flexibility index (Phi) is 5.46. The van der Waals surface area contributed by atoms with Crippen molar-refractivity contribution in [1.29, 1.82) is 0 Å². The third kappa shape index (κ3) is 3.89. The molecular formula is C25H24N4O3. The number of nitrogens with zero attached hydrogens (tertiary/aromatic N) is 2. The van der Waals surface area contributed by atoms with Gasteiger partial charge in [-0.1, -0.05) is 12.1 Å². The fourth-order valence-electron chi connectivity index (χ4n) is 4.13. The van der Waals surface area contributed by atoms with Gasteiger partial charge in [-0.2, -0.15) is 0 Å². The average molecular weight is 428 g/mol. The van der Waals surface area contributed by atoms with E-state index in [0.29, 0.717) is 25.2 Å². The maximum Gasteiger partial charge on any atom is 0.135 e. The third-order valence-electron chi connectivity index (χ3n) is 5.72. The first-order valence-electron chi connectivity index (χ1n) is 10.7.